The van der Waals surface area contributed by atoms with Gasteiger partial charge in [-0.05, 0) is 94.7 Å². The minimum absolute atomic E-state index is 0.0366. The van der Waals surface area contributed by atoms with Crippen molar-refractivity contribution in [1.29, 1.82) is 0 Å². The third-order valence-corrected chi connectivity index (χ3v) is 15.9. The summed E-state index contributed by atoms with van der Waals surface area (Å²) in [4.78, 5) is 6.04. The van der Waals surface area contributed by atoms with Gasteiger partial charge in [0, 0.05) is 75.2 Å². The topological polar surface area (TPSA) is 47.4 Å². The number of nitrogens with zero attached hydrogens (tertiary/aromatic N) is 3. The number of rotatable bonds is 3. The Labute approximate surface area is 400 Å². The molecule has 0 bridgehead atoms. The molecule has 0 saturated heterocycles. The number of allylic oxidation sites excluding steroid dienone is 1. The second-order valence-corrected chi connectivity index (χ2v) is 19.8. The zero-order valence-electron chi connectivity index (χ0n) is 37.6. The highest BCUT2D eigenvalue weighted by Crippen LogP contribution is 2.46. The minimum atomic E-state index is -0.472. The Kier molecular flexibility index (Phi) is 8.27. The van der Waals surface area contributed by atoms with Gasteiger partial charge in [-0.15, -0.1) is 11.3 Å². The Morgan fingerprint density at radius 1 is 0.493 bits per heavy atom. The van der Waals surface area contributed by atoms with Gasteiger partial charge in [-0.25, -0.2) is 4.99 Å². The first-order valence-electron chi connectivity index (χ1n) is 23.9. The summed E-state index contributed by atoms with van der Waals surface area (Å²) < 4.78 is 14.4. The summed E-state index contributed by atoms with van der Waals surface area (Å²) in [6.45, 7) is 2.35. The molecule has 326 valence electrons. The van der Waals surface area contributed by atoms with Gasteiger partial charge in [0.15, 0.2) is 0 Å². The van der Waals surface area contributed by atoms with E-state index in [-0.39, 0.29) is 5.92 Å². The number of fused-ring (bicyclic) bond motifs is 14. The molecule has 2 atom stereocenters. The molecule has 0 radical (unpaired) electrons. The first-order valence-corrected chi connectivity index (χ1v) is 24.7. The summed E-state index contributed by atoms with van der Waals surface area (Å²) in [5.41, 5.74) is 10.7. The summed E-state index contributed by atoms with van der Waals surface area (Å²) in [5, 5.41) is 18.6. The van der Waals surface area contributed by atoms with Crippen molar-refractivity contribution in [1.82, 2.24) is 14.5 Å². The largest absolute Gasteiger partial charge is 0.456 e. The van der Waals surface area contributed by atoms with E-state index in [4.69, 9.17) is 9.41 Å². The first kappa shape index (κ1) is 38.6. The zero-order chi connectivity index (χ0) is 45.3. The summed E-state index contributed by atoms with van der Waals surface area (Å²) >= 11 is 1.85. The Morgan fingerprint density at radius 2 is 1.07 bits per heavy atom. The van der Waals surface area contributed by atoms with Crippen LogP contribution in [0.15, 0.2) is 216 Å². The van der Waals surface area contributed by atoms with Gasteiger partial charge in [0.05, 0.1) is 27.8 Å². The molecule has 2 unspecified atom stereocenters. The molecule has 5 heterocycles. The van der Waals surface area contributed by atoms with E-state index in [2.05, 4.69) is 228 Å². The summed E-state index contributed by atoms with van der Waals surface area (Å²) in [7, 11) is 0. The monoisotopic (exact) mass is 902 g/mol. The van der Waals surface area contributed by atoms with E-state index in [1.807, 2.05) is 11.3 Å². The van der Waals surface area contributed by atoms with Crippen LogP contribution in [0.1, 0.15) is 30.6 Å². The van der Waals surface area contributed by atoms with Crippen LogP contribution < -0.4 is 5.32 Å². The predicted molar refractivity (Wildman–Crippen MR) is 292 cm³/mol. The van der Waals surface area contributed by atoms with Gasteiger partial charge in [0.25, 0.3) is 0 Å². The summed E-state index contributed by atoms with van der Waals surface area (Å²) in [5.74, 6) is 1.07. The second kappa shape index (κ2) is 14.8. The van der Waals surface area contributed by atoms with Crippen molar-refractivity contribution < 1.29 is 4.42 Å². The average Bonchev–Trinajstić information content (AvgIpc) is 4.14. The number of nitrogens with one attached hydrogen (secondary N) is 1. The molecular weight excluding hydrogens is 861 g/mol. The van der Waals surface area contributed by atoms with Crippen molar-refractivity contribution in [2.75, 3.05) is 0 Å². The molecule has 69 heavy (non-hydrogen) atoms. The normalized spacial score (nSPS) is 16.6. The fourth-order valence-corrected chi connectivity index (χ4v) is 12.8. The molecule has 0 aliphatic carbocycles. The lowest BCUT2D eigenvalue weighted by molar-refractivity contribution is 0.636. The smallest absolute Gasteiger partial charge is 0.147 e. The van der Waals surface area contributed by atoms with E-state index in [0.29, 0.717) is 0 Å². The van der Waals surface area contributed by atoms with Gasteiger partial charge >= 0.3 is 0 Å². The van der Waals surface area contributed by atoms with E-state index >= 15 is 0 Å². The Hall–Kier alpha value is -8.45. The molecule has 4 aromatic heterocycles. The fraction of sp³-hybridized carbons (Fsp3) is 0.0635. The zero-order valence-corrected chi connectivity index (χ0v) is 38.5. The standard InChI is InChI=1S/C63H42N4OS/c1-37-29-30-49(64-62(46-23-14-28-58-59(46)45-22-9-13-27-57(45)69-58)65-63(37)67-51-25-11-6-19-42(51)43-20-7-12-26-52(43)67)61-53(31-32-55-60(61)48-34-39-16-3-5-18-41(39)36-56(48)68-55)66-50-24-10-8-21-44(50)47-33-38-15-2-4-17-40(38)35-54(47)66/h2-28,30-37,62,64H,29H2,1H3/b49-30+,65-63?. The van der Waals surface area contributed by atoms with Crippen LogP contribution in [0.2, 0.25) is 0 Å². The van der Waals surface area contributed by atoms with Gasteiger partial charge in [-0.2, -0.15) is 0 Å². The molecule has 1 aliphatic rings. The highest BCUT2D eigenvalue weighted by molar-refractivity contribution is 7.25. The number of benzene rings is 10. The van der Waals surface area contributed by atoms with Crippen LogP contribution in [0.25, 0.3) is 119 Å². The minimum Gasteiger partial charge on any atom is -0.456 e. The van der Waals surface area contributed by atoms with Crippen LogP contribution in [-0.4, -0.2) is 15.0 Å². The van der Waals surface area contributed by atoms with Gasteiger partial charge < -0.3 is 14.3 Å². The number of aliphatic imine (C=N–C) groups is 1. The maximum absolute atomic E-state index is 6.94. The SMILES string of the molecule is CC1C/C=C(\c2c(-n3c4ccccc4c4cc5ccccc5cc43)ccc3oc4cc5ccccc5cc4c23)NC(c2cccc3sc4ccccc4c23)N=C1n1c2ccccc2c2ccccc21. The maximum atomic E-state index is 6.94. The number of hydrogen-bond acceptors (Lipinski definition) is 4. The van der Waals surface area contributed by atoms with Crippen LogP contribution in [0.4, 0.5) is 0 Å². The molecule has 0 spiro atoms. The van der Waals surface area contributed by atoms with Crippen molar-refractivity contribution in [2.24, 2.45) is 10.9 Å². The predicted octanol–water partition coefficient (Wildman–Crippen LogP) is 17.1. The number of para-hydroxylation sites is 3. The molecule has 0 amide bonds. The Bertz CT molecular complexity index is 4490. The van der Waals surface area contributed by atoms with Crippen molar-refractivity contribution in [3.63, 3.8) is 0 Å². The highest BCUT2D eigenvalue weighted by Gasteiger charge is 2.29. The van der Waals surface area contributed by atoms with E-state index in [1.165, 1.54) is 57.9 Å². The lowest BCUT2D eigenvalue weighted by atomic mass is 9.95. The van der Waals surface area contributed by atoms with Crippen LogP contribution >= 0.6 is 11.3 Å². The average molecular weight is 903 g/mol. The van der Waals surface area contributed by atoms with E-state index < -0.39 is 6.17 Å². The lowest BCUT2D eigenvalue weighted by Gasteiger charge is -2.28. The molecule has 15 rings (SSSR count). The van der Waals surface area contributed by atoms with E-state index in [1.54, 1.807) is 0 Å². The van der Waals surface area contributed by atoms with Gasteiger partial charge in [-0.1, -0.05) is 146 Å². The maximum Gasteiger partial charge on any atom is 0.147 e. The lowest BCUT2D eigenvalue weighted by Crippen LogP contribution is -2.28. The Morgan fingerprint density at radius 3 is 1.80 bits per heavy atom. The van der Waals surface area contributed by atoms with Crippen LogP contribution in [0.5, 0.6) is 0 Å². The number of aromatic nitrogens is 2. The molecule has 0 saturated carbocycles. The van der Waals surface area contributed by atoms with Crippen molar-refractivity contribution in [3.05, 3.63) is 217 Å². The second-order valence-electron chi connectivity index (χ2n) is 18.7. The molecule has 14 aromatic rings. The quantitative estimate of drug-likeness (QED) is 0.192. The van der Waals surface area contributed by atoms with Gasteiger partial charge in [0.2, 0.25) is 0 Å². The van der Waals surface area contributed by atoms with Crippen molar-refractivity contribution in [2.45, 2.75) is 19.5 Å². The number of hydrogen-bond donors (Lipinski definition) is 1. The molecule has 1 N–H and O–H groups in total. The van der Waals surface area contributed by atoms with Gasteiger partial charge in [-0.3, -0.25) is 4.57 Å². The van der Waals surface area contributed by atoms with E-state index in [0.717, 1.165) is 84.2 Å². The fourth-order valence-electron chi connectivity index (χ4n) is 11.6. The van der Waals surface area contributed by atoms with Crippen molar-refractivity contribution >= 4 is 130 Å². The van der Waals surface area contributed by atoms with Crippen LogP contribution in [0, 0.1) is 5.92 Å². The summed E-state index contributed by atoms with van der Waals surface area (Å²) in [6, 6.07) is 73.0. The third-order valence-electron chi connectivity index (χ3n) is 14.7. The number of furan rings is 1. The Balaban J connectivity index is 1.05. The molecule has 0 fully saturated rings. The first-order chi connectivity index (χ1) is 34.1. The molecule has 5 nitrogen and oxygen atoms in total. The third kappa shape index (κ3) is 5.73. The van der Waals surface area contributed by atoms with Crippen molar-refractivity contribution in [3.8, 4) is 5.69 Å². The molecule has 10 aromatic carbocycles. The van der Waals surface area contributed by atoms with Crippen LogP contribution in [-0.2, 0) is 0 Å². The summed E-state index contributed by atoms with van der Waals surface area (Å²) in [6.07, 6.45) is 2.72. The van der Waals surface area contributed by atoms with E-state index in [9.17, 15) is 0 Å². The molecular formula is C63H42N4OS. The van der Waals surface area contributed by atoms with Gasteiger partial charge in [0.1, 0.15) is 23.2 Å². The molecule has 6 heteroatoms. The van der Waals surface area contributed by atoms with Crippen LogP contribution in [0.3, 0.4) is 0 Å². The highest BCUT2D eigenvalue weighted by atomic mass is 32.1. The number of thiophene rings is 1. The molecule has 1 aliphatic heterocycles.